The molecule has 96 valence electrons. The molecule has 0 saturated heterocycles. The second-order valence-corrected chi connectivity index (χ2v) is 4.63. The Kier molecular flexibility index (Phi) is 7.06. The van der Waals surface area contributed by atoms with Crippen LogP contribution >= 0.6 is 11.6 Å². The average Bonchev–Trinajstić information content (AvgIpc) is 2.29. The van der Waals surface area contributed by atoms with E-state index in [1.54, 1.807) is 0 Å². The summed E-state index contributed by atoms with van der Waals surface area (Å²) < 4.78 is 5.94. The number of ether oxygens (including phenoxy) is 1. The summed E-state index contributed by atoms with van der Waals surface area (Å²) in [5, 5.41) is 4.12. The highest BCUT2D eigenvalue weighted by Gasteiger charge is 2.09. The number of nitrogens with one attached hydrogen (secondary N) is 1. The Hall–Kier alpha value is -0.730. The van der Waals surface area contributed by atoms with Crippen LogP contribution in [0, 0.1) is 0 Å². The van der Waals surface area contributed by atoms with Crippen molar-refractivity contribution in [2.24, 2.45) is 0 Å². The molecule has 1 aromatic carbocycles. The summed E-state index contributed by atoms with van der Waals surface area (Å²) in [5.41, 5.74) is 0. The predicted octanol–water partition coefficient (Wildman–Crippen LogP) is 3.89. The third-order valence-electron chi connectivity index (χ3n) is 2.51. The van der Waals surface area contributed by atoms with Gasteiger partial charge in [0.2, 0.25) is 0 Å². The van der Waals surface area contributed by atoms with E-state index in [-0.39, 0.29) is 6.10 Å². The molecule has 1 aromatic rings. The van der Waals surface area contributed by atoms with Gasteiger partial charge in [0.25, 0.3) is 0 Å². The second-order valence-electron chi connectivity index (χ2n) is 4.19. The molecule has 0 aliphatic carbocycles. The van der Waals surface area contributed by atoms with E-state index in [0.29, 0.717) is 0 Å². The minimum absolute atomic E-state index is 0.227. The van der Waals surface area contributed by atoms with Gasteiger partial charge in [0.1, 0.15) is 11.9 Å². The van der Waals surface area contributed by atoms with Crippen LogP contribution in [-0.4, -0.2) is 19.2 Å². The zero-order valence-corrected chi connectivity index (χ0v) is 11.5. The van der Waals surface area contributed by atoms with E-state index in [2.05, 4.69) is 19.2 Å². The summed E-state index contributed by atoms with van der Waals surface area (Å²) in [7, 11) is 0. The molecule has 2 nitrogen and oxygen atoms in total. The van der Waals surface area contributed by atoms with Crippen LogP contribution in [0.25, 0.3) is 0 Å². The summed E-state index contributed by atoms with van der Waals surface area (Å²) in [4.78, 5) is 0. The monoisotopic (exact) mass is 255 g/mol. The lowest BCUT2D eigenvalue weighted by Gasteiger charge is -2.19. The van der Waals surface area contributed by atoms with Crippen molar-refractivity contribution in [3.05, 3.63) is 29.3 Å². The summed E-state index contributed by atoms with van der Waals surface area (Å²) >= 11 is 5.94. The zero-order chi connectivity index (χ0) is 12.5. The maximum absolute atomic E-state index is 5.94. The standard InChI is InChI=1S/C14H22ClNO/c1-3-6-14(11-16-9-4-2)17-13-8-5-7-12(15)10-13/h5,7-8,10,14,16H,3-4,6,9,11H2,1-2H3. The SMILES string of the molecule is CCCNCC(CCC)Oc1cccc(Cl)c1. The average molecular weight is 256 g/mol. The summed E-state index contributed by atoms with van der Waals surface area (Å²) in [6.07, 6.45) is 3.56. The molecule has 0 saturated carbocycles. The van der Waals surface area contributed by atoms with Gasteiger partial charge < -0.3 is 10.1 Å². The first-order valence-electron chi connectivity index (χ1n) is 6.39. The molecular formula is C14H22ClNO. The fourth-order valence-corrected chi connectivity index (χ4v) is 1.88. The van der Waals surface area contributed by atoms with Crippen LogP contribution in [0.3, 0.4) is 0 Å². The van der Waals surface area contributed by atoms with Crippen LogP contribution in [0.15, 0.2) is 24.3 Å². The zero-order valence-electron chi connectivity index (χ0n) is 10.7. The Labute approximate surface area is 109 Å². The molecule has 1 unspecified atom stereocenters. The fraction of sp³-hybridized carbons (Fsp3) is 0.571. The molecule has 0 fully saturated rings. The van der Waals surface area contributed by atoms with Crippen LogP contribution in [0.2, 0.25) is 5.02 Å². The van der Waals surface area contributed by atoms with Gasteiger partial charge in [-0.2, -0.15) is 0 Å². The van der Waals surface area contributed by atoms with Gasteiger partial charge >= 0.3 is 0 Å². The number of hydrogen-bond acceptors (Lipinski definition) is 2. The second kappa shape index (κ2) is 8.37. The molecule has 0 bridgehead atoms. The highest BCUT2D eigenvalue weighted by molar-refractivity contribution is 6.30. The van der Waals surface area contributed by atoms with Crippen molar-refractivity contribution in [1.82, 2.24) is 5.32 Å². The molecule has 0 aliphatic heterocycles. The van der Waals surface area contributed by atoms with Crippen molar-refractivity contribution in [1.29, 1.82) is 0 Å². The van der Waals surface area contributed by atoms with Crippen molar-refractivity contribution >= 4 is 11.6 Å². The van der Waals surface area contributed by atoms with Crippen molar-refractivity contribution in [3.63, 3.8) is 0 Å². The Bertz CT molecular complexity index is 317. The Balaban J connectivity index is 2.47. The van der Waals surface area contributed by atoms with Gasteiger partial charge in [-0.15, -0.1) is 0 Å². The molecule has 0 aliphatic rings. The number of benzene rings is 1. The Morgan fingerprint density at radius 2 is 2.12 bits per heavy atom. The number of rotatable bonds is 8. The molecule has 0 aromatic heterocycles. The van der Waals surface area contributed by atoms with E-state index in [4.69, 9.17) is 16.3 Å². The van der Waals surface area contributed by atoms with Gasteiger partial charge in [0.05, 0.1) is 0 Å². The Morgan fingerprint density at radius 3 is 2.76 bits per heavy atom. The van der Waals surface area contributed by atoms with Crippen LogP contribution in [0.1, 0.15) is 33.1 Å². The van der Waals surface area contributed by atoms with E-state index in [1.807, 2.05) is 24.3 Å². The minimum atomic E-state index is 0.227. The molecule has 1 atom stereocenters. The largest absolute Gasteiger partial charge is 0.489 e. The maximum atomic E-state index is 5.94. The first-order valence-corrected chi connectivity index (χ1v) is 6.77. The van der Waals surface area contributed by atoms with E-state index in [0.717, 1.165) is 43.1 Å². The molecule has 3 heteroatoms. The molecular weight excluding hydrogens is 234 g/mol. The maximum Gasteiger partial charge on any atom is 0.121 e. The predicted molar refractivity (Wildman–Crippen MR) is 73.9 cm³/mol. The molecule has 1 N–H and O–H groups in total. The van der Waals surface area contributed by atoms with E-state index < -0.39 is 0 Å². The number of halogens is 1. The van der Waals surface area contributed by atoms with Crippen molar-refractivity contribution in [2.45, 2.75) is 39.2 Å². The fourth-order valence-electron chi connectivity index (χ4n) is 1.70. The first kappa shape index (κ1) is 14.3. The third-order valence-corrected chi connectivity index (χ3v) is 2.74. The molecule has 1 rings (SSSR count). The quantitative estimate of drug-likeness (QED) is 0.712. The topological polar surface area (TPSA) is 21.3 Å². The van der Waals surface area contributed by atoms with E-state index >= 15 is 0 Å². The summed E-state index contributed by atoms with van der Waals surface area (Å²) in [6.45, 7) is 6.28. The van der Waals surface area contributed by atoms with Crippen LogP contribution in [0.4, 0.5) is 0 Å². The smallest absolute Gasteiger partial charge is 0.121 e. The summed E-state index contributed by atoms with van der Waals surface area (Å²) in [5.74, 6) is 0.856. The van der Waals surface area contributed by atoms with Crippen molar-refractivity contribution < 1.29 is 4.74 Å². The highest BCUT2D eigenvalue weighted by atomic mass is 35.5. The molecule has 17 heavy (non-hydrogen) atoms. The molecule has 0 heterocycles. The lowest BCUT2D eigenvalue weighted by Crippen LogP contribution is -2.31. The number of hydrogen-bond donors (Lipinski definition) is 1. The lowest BCUT2D eigenvalue weighted by molar-refractivity contribution is 0.186. The van der Waals surface area contributed by atoms with Crippen molar-refractivity contribution in [2.75, 3.05) is 13.1 Å². The normalized spacial score (nSPS) is 12.4. The van der Waals surface area contributed by atoms with E-state index in [9.17, 15) is 0 Å². The lowest BCUT2D eigenvalue weighted by atomic mass is 10.2. The van der Waals surface area contributed by atoms with Crippen LogP contribution in [-0.2, 0) is 0 Å². The third kappa shape index (κ3) is 5.94. The van der Waals surface area contributed by atoms with E-state index in [1.165, 1.54) is 0 Å². The highest BCUT2D eigenvalue weighted by Crippen LogP contribution is 2.19. The molecule has 0 spiro atoms. The molecule has 0 amide bonds. The Morgan fingerprint density at radius 1 is 1.29 bits per heavy atom. The molecule has 0 radical (unpaired) electrons. The van der Waals surface area contributed by atoms with Gasteiger partial charge in [-0.25, -0.2) is 0 Å². The van der Waals surface area contributed by atoms with Crippen LogP contribution in [0.5, 0.6) is 5.75 Å². The first-order chi connectivity index (χ1) is 8.26. The summed E-state index contributed by atoms with van der Waals surface area (Å²) in [6, 6.07) is 7.59. The van der Waals surface area contributed by atoms with Gasteiger partial charge in [0.15, 0.2) is 0 Å². The van der Waals surface area contributed by atoms with Gasteiger partial charge in [0, 0.05) is 11.6 Å². The van der Waals surface area contributed by atoms with Gasteiger partial charge in [-0.1, -0.05) is 37.9 Å². The van der Waals surface area contributed by atoms with Crippen molar-refractivity contribution in [3.8, 4) is 5.75 Å². The van der Waals surface area contributed by atoms with Crippen LogP contribution < -0.4 is 10.1 Å². The van der Waals surface area contributed by atoms with Gasteiger partial charge in [-0.05, 0) is 37.6 Å². The van der Waals surface area contributed by atoms with Gasteiger partial charge in [-0.3, -0.25) is 0 Å². The minimum Gasteiger partial charge on any atom is -0.489 e.